The van der Waals surface area contributed by atoms with Gasteiger partial charge in [0, 0.05) is 42.3 Å². The van der Waals surface area contributed by atoms with Crippen molar-refractivity contribution in [1.29, 1.82) is 0 Å². The molecule has 0 saturated heterocycles. The van der Waals surface area contributed by atoms with E-state index in [0.717, 1.165) is 52.1 Å². The topological polar surface area (TPSA) is 80.5 Å². The largest absolute Gasteiger partial charge is 0.382 e. The van der Waals surface area contributed by atoms with Crippen molar-refractivity contribution in [1.82, 2.24) is 24.5 Å². The van der Waals surface area contributed by atoms with Crippen molar-refractivity contribution >= 4 is 44.0 Å². The number of anilines is 3. The van der Waals surface area contributed by atoms with Crippen LogP contribution in [0.2, 0.25) is 0 Å². The number of nitrogens with one attached hydrogen (secondary N) is 2. The van der Waals surface area contributed by atoms with E-state index < -0.39 is 0 Å². The Morgan fingerprint density at radius 1 is 1.07 bits per heavy atom. The number of nitrogens with zero attached hydrogens (tertiary/aromatic N) is 5. The Hall–Kier alpha value is -3.00. The van der Waals surface area contributed by atoms with Crippen LogP contribution in [0.25, 0.3) is 10.9 Å². The third-order valence-electron chi connectivity index (χ3n) is 4.16. The summed E-state index contributed by atoms with van der Waals surface area (Å²) in [6.07, 6.45) is 11.6. The number of imidazole rings is 1. The third-order valence-corrected chi connectivity index (χ3v) is 4.82. The van der Waals surface area contributed by atoms with Crippen LogP contribution in [-0.4, -0.2) is 31.0 Å². The standard InChI is InChI=1S/C19H18BrN7/c20-15-3-1-4-17(18(15)23-6-2-9-27-10-8-22-13-27)26-19-14-11-21-7-5-16(14)24-12-25-19/h1,3-5,7-8,10-13,23H,2,6,9H2,(H,24,25,26). The average Bonchev–Trinajstić information content (AvgIpc) is 3.21. The molecule has 0 amide bonds. The lowest BCUT2D eigenvalue weighted by Gasteiger charge is -2.16. The monoisotopic (exact) mass is 423 g/mol. The number of hydrogen-bond donors (Lipinski definition) is 2. The van der Waals surface area contributed by atoms with Crippen LogP contribution in [0.1, 0.15) is 6.42 Å². The molecule has 0 aliphatic rings. The molecule has 27 heavy (non-hydrogen) atoms. The molecule has 0 saturated carbocycles. The SMILES string of the molecule is Brc1cccc(Nc2ncnc3ccncc23)c1NCCCn1ccnc1. The first-order valence-corrected chi connectivity index (χ1v) is 9.40. The fourth-order valence-corrected chi connectivity index (χ4v) is 3.34. The van der Waals surface area contributed by atoms with Crippen molar-refractivity contribution in [2.24, 2.45) is 0 Å². The highest BCUT2D eigenvalue weighted by molar-refractivity contribution is 9.10. The minimum atomic E-state index is 0.729. The zero-order valence-corrected chi connectivity index (χ0v) is 16.1. The maximum atomic E-state index is 4.39. The number of halogens is 1. The van der Waals surface area contributed by atoms with Crippen molar-refractivity contribution in [2.45, 2.75) is 13.0 Å². The van der Waals surface area contributed by atoms with Crippen molar-refractivity contribution in [2.75, 3.05) is 17.2 Å². The normalized spacial score (nSPS) is 10.9. The van der Waals surface area contributed by atoms with E-state index in [1.165, 1.54) is 0 Å². The second kappa shape index (κ2) is 8.13. The number of hydrogen-bond acceptors (Lipinski definition) is 6. The summed E-state index contributed by atoms with van der Waals surface area (Å²) in [6, 6.07) is 7.90. The fraction of sp³-hybridized carbons (Fsp3) is 0.158. The maximum Gasteiger partial charge on any atom is 0.143 e. The van der Waals surface area contributed by atoms with Gasteiger partial charge in [-0.3, -0.25) is 4.98 Å². The number of benzene rings is 1. The molecular formula is C19H18BrN7. The van der Waals surface area contributed by atoms with Crippen LogP contribution in [-0.2, 0) is 6.54 Å². The highest BCUT2D eigenvalue weighted by Gasteiger charge is 2.10. The molecule has 0 aliphatic carbocycles. The average molecular weight is 424 g/mol. The van der Waals surface area contributed by atoms with Gasteiger partial charge in [0.25, 0.3) is 0 Å². The molecule has 4 aromatic rings. The van der Waals surface area contributed by atoms with Crippen molar-refractivity contribution in [3.8, 4) is 0 Å². The molecule has 0 atom stereocenters. The Kier molecular flexibility index (Phi) is 5.24. The van der Waals surface area contributed by atoms with Gasteiger partial charge >= 0.3 is 0 Å². The van der Waals surface area contributed by atoms with Crippen molar-refractivity contribution in [3.05, 3.63) is 66.2 Å². The first kappa shape index (κ1) is 17.4. The van der Waals surface area contributed by atoms with Gasteiger partial charge < -0.3 is 15.2 Å². The number of para-hydroxylation sites is 1. The fourth-order valence-electron chi connectivity index (χ4n) is 2.83. The molecule has 136 valence electrons. The number of aromatic nitrogens is 5. The minimum absolute atomic E-state index is 0.729. The van der Waals surface area contributed by atoms with E-state index >= 15 is 0 Å². The van der Waals surface area contributed by atoms with Crippen LogP contribution in [0.4, 0.5) is 17.2 Å². The molecule has 4 rings (SSSR count). The summed E-state index contributed by atoms with van der Waals surface area (Å²) < 4.78 is 3.06. The van der Waals surface area contributed by atoms with E-state index in [1.54, 1.807) is 24.9 Å². The summed E-state index contributed by atoms with van der Waals surface area (Å²) in [5.74, 6) is 0.729. The van der Waals surface area contributed by atoms with Gasteiger partial charge in [-0.25, -0.2) is 15.0 Å². The highest BCUT2D eigenvalue weighted by atomic mass is 79.9. The zero-order chi connectivity index (χ0) is 18.5. The molecule has 1 aromatic carbocycles. The van der Waals surface area contributed by atoms with Gasteiger partial charge in [-0.15, -0.1) is 0 Å². The summed E-state index contributed by atoms with van der Waals surface area (Å²) in [4.78, 5) is 16.9. The molecule has 0 spiro atoms. The molecule has 3 heterocycles. The third kappa shape index (κ3) is 4.06. The van der Waals surface area contributed by atoms with Gasteiger partial charge in [0.1, 0.15) is 12.1 Å². The predicted molar refractivity (Wildman–Crippen MR) is 110 cm³/mol. The smallest absolute Gasteiger partial charge is 0.143 e. The second-order valence-electron chi connectivity index (χ2n) is 5.98. The summed E-state index contributed by atoms with van der Waals surface area (Å²) in [7, 11) is 0. The first-order valence-electron chi connectivity index (χ1n) is 8.61. The van der Waals surface area contributed by atoms with Gasteiger partial charge in [-0.1, -0.05) is 6.07 Å². The van der Waals surface area contributed by atoms with Crippen molar-refractivity contribution < 1.29 is 0 Å². The molecule has 3 aromatic heterocycles. The van der Waals surface area contributed by atoms with E-state index in [2.05, 4.69) is 51.1 Å². The molecule has 0 aliphatic heterocycles. The van der Waals surface area contributed by atoms with Gasteiger partial charge in [-0.05, 0) is 40.5 Å². The van der Waals surface area contributed by atoms with E-state index in [1.807, 2.05) is 36.8 Å². The molecule has 0 radical (unpaired) electrons. The summed E-state index contributed by atoms with van der Waals surface area (Å²) in [5, 5.41) is 7.80. The molecule has 7 nitrogen and oxygen atoms in total. The molecule has 0 unspecified atom stereocenters. The van der Waals surface area contributed by atoms with Gasteiger partial charge in [-0.2, -0.15) is 0 Å². The Labute approximate surface area is 165 Å². The van der Waals surface area contributed by atoms with Gasteiger partial charge in [0.05, 0.1) is 28.6 Å². The molecular weight excluding hydrogens is 406 g/mol. The predicted octanol–water partition coefficient (Wildman–Crippen LogP) is 4.23. The summed E-state index contributed by atoms with van der Waals surface area (Å²) >= 11 is 3.64. The molecule has 0 fully saturated rings. The zero-order valence-electron chi connectivity index (χ0n) is 14.5. The highest BCUT2D eigenvalue weighted by Crippen LogP contribution is 2.33. The van der Waals surface area contributed by atoms with Crippen LogP contribution in [0.3, 0.4) is 0 Å². The second-order valence-corrected chi connectivity index (χ2v) is 6.84. The van der Waals surface area contributed by atoms with Crippen LogP contribution >= 0.6 is 15.9 Å². The van der Waals surface area contributed by atoms with Crippen LogP contribution in [0.15, 0.2) is 66.2 Å². The Bertz CT molecular complexity index is 1030. The van der Waals surface area contributed by atoms with Crippen LogP contribution in [0, 0.1) is 0 Å². The number of pyridine rings is 1. The van der Waals surface area contributed by atoms with Crippen molar-refractivity contribution in [3.63, 3.8) is 0 Å². The summed E-state index contributed by atoms with van der Waals surface area (Å²) in [5.41, 5.74) is 2.79. The lowest BCUT2D eigenvalue weighted by atomic mass is 10.2. The van der Waals surface area contributed by atoms with Crippen LogP contribution < -0.4 is 10.6 Å². The lowest BCUT2D eigenvalue weighted by Crippen LogP contribution is -2.08. The maximum absolute atomic E-state index is 4.39. The van der Waals surface area contributed by atoms with Crippen LogP contribution in [0.5, 0.6) is 0 Å². The molecule has 8 heteroatoms. The minimum Gasteiger partial charge on any atom is -0.382 e. The first-order chi connectivity index (χ1) is 13.3. The van der Waals surface area contributed by atoms with E-state index in [4.69, 9.17) is 0 Å². The molecule has 0 bridgehead atoms. The Morgan fingerprint density at radius 3 is 2.93 bits per heavy atom. The number of rotatable bonds is 7. The van der Waals surface area contributed by atoms with E-state index in [0.29, 0.717) is 0 Å². The lowest BCUT2D eigenvalue weighted by molar-refractivity contribution is 0.661. The summed E-state index contributed by atoms with van der Waals surface area (Å²) in [6.45, 7) is 1.75. The van der Waals surface area contributed by atoms with Gasteiger partial charge in [0.2, 0.25) is 0 Å². The number of fused-ring (bicyclic) bond motifs is 1. The quantitative estimate of drug-likeness (QED) is 0.433. The Balaban J connectivity index is 1.51. The number of aryl methyl sites for hydroxylation is 1. The van der Waals surface area contributed by atoms with E-state index in [-0.39, 0.29) is 0 Å². The van der Waals surface area contributed by atoms with E-state index in [9.17, 15) is 0 Å². The van der Waals surface area contributed by atoms with Gasteiger partial charge in [0.15, 0.2) is 0 Å². The Morgan fingerprint density at radius 2 is 2.04 bits per heavy atom. The molecule has 2 N–H and O–H groups in total.